The van der Waals surface area contributed by atoms with Crippen LogP contribution in [0, 0.1) is 0 Å². The van der Waals surface area contributed by atoms with Crippen molar-refractivity contribution in [1.82, 2.24) is 0 Å². The van der Waals surface area contributed by atoms with Gasteiger partial charge in [0.25, 0.3) is 0 Å². The Morgan fingerprint density at radius 3 is 1.70 bits per heavy atom. The second-order valence-corrected chi connectivity index (χ2v) is 6.88. The molecule has 27 heavy (non-hydrogen) atoms. The minimum atomic E-state index is 0.0443. The van der Waals surface area contributed by atoms with Gasteiger partial charge in [-0.05, 0) is 47.1 Å². The van der Waals surface area contributed by atoms with Crippen molar-refractivity contribution in [3.63, 3.8) is 0 Å². The van der Waals surface area contributed by atoms with E-state index in [0.29, 0.717) is 6.61 Å². The van der Waals surface area contributed by atoms with Crippen molar-refractivity contribution in [3.05, 3.63) is 90.0 Å². The average molecular weight is 356 g/mol. The average Bonchev–Trinajstić information content (AvgIpc) is 2.71. The van der Waals surface area contributed by atoms with Crippen molar-refractivity contribution in [1.29, 1.82) is 0 Å². The lowest BCUT2D eigenvalue weighted by atomic mass is 9.89. The Morgan fingerprint density at radius 2 is 1.22 bits per heavy atom. The molecule has 0 unspecified atom stereocenters. The van der Waals surface area contributed by atoms with Crippen LogP contribution >= 0.6 is 0 Å². The Morgan fingerprint density at radius 1 is 0.704 bits per heavy atom. The van der Waals surface area contributed by atoms with Crippen LogP contribution in [0.25, 0.3) is 28.0 Å². The van der Waals surface area contributed by atoms with Gasteiger partial charge in [-0.1, -0.05) is 78.9 Å². The molecule has 2 nitrogen and oxygen atoms in total. The summed E-state index contributed by atoms with van der Waals surface area (Å²) in [5.41, 5.74) is 7.32. The van der Waals surface area contributed by atoms with Crippen molar-refractivity contribution in [2.24, 2.45) is 0 Å². The first-order valence-corrected chi connectivity index (χ1v) is 9.57. The normalized spacial score (nSPS) is 13.1. The molecule has 0 heterocycles. The van der Waals surface area contributed by atoms with Crippen molar-refractivity contribution in [2.45, 2.75) is 19.3 Å². The summed E-state index contributed by atoms with van der Waals surface area (Å²) in [7, 11) is 0. The second kappa shape index (κ2) is 8.24. The maximum absolute atomic E-state index is 9.08. The summed E-state index contributed by atoms with van der Waals surface area (Å²) >= 11 is 0. The zero-order chi connectivity index (χ0) is 18.5. The lowest BCUT2D eigenvalue weighted by Gasteiger charge is -2.22. The molecule has 0 spiro atoms. The molecule has 1 fully saturated rings. The maximum atomic E-state index is 9.08. The van der Waals surface area contributed by atoms with E-state index >= 15 is 0 Å². The summed E-state index contributed by atoms with van der Waals surface area (Å²) < 4.78 is 5.82. The fraction of sp³-hybridized carbons (Fsp3) is 0.200. The highest BCUT2D eigenvalue weighted by atomic mass is 16.5. The summed E-state index contributed by atoms with van der Waals surface area (Å²) in [5, 5.41) is 9.08. The predicted molar refractivity (Wildman–Crippen MR) is 111 cm³/mol. The standard InChI is InChI=1S/C25H24O2/c26-17-18-27-25(23-7-4-8-23)24-15-13-22(14-16-24)21-11-9-20(10-12-21)19-5-2-1-3-6-19/h1-3,5-6,9-16,26H,4,7-8,17-18H2. The van der Waals surface area contributed by atoms with Crippen molar-refractivity contribution >= 4 is 5.76 Å². The van der Waals surface area contributed by atoms with E-state index in [0.717, 1.165) is 24.2 Å². The molecule has 3 aromatic rings. The van der Waals surface area contributed by atoms with Gasteiger partial charge in [-0.15, -0.1) is 0 Å². The van der Waals surface area contributed by atoms with Gasteiger partial charge in [0.15, 0.2) is 0 Å². The molecule has 4 rings (SSSR count). The van der Waals surface area contributed by atoms with Gasteiger partial charge in [-0.25, -0.2) is 0 Å². The third kappa shape index (κ3) is 3.96. The summed E-state index contributed by atoms with van der Waals surface area (Å²) in [5.74, 6) is 0.960. The summed E-state index contributed by atoms with van der Waals surface area (Å²) in [6.07, 6.45) is 3.43. The van der Waals surface area contributed by atoms with Crippen LogP contribution in [0.1, 0.15) is 24.8 Å². The highest BCUT2D eigenvalue weighted by molar-refractivity contribution is 5.72. The fourth-order valence-corrected chi connectivity index (χ4v) is 3.42. The van der Waals surface area contributed by atoms with Gasteiger partial charge in [0.2, 0.25) is 0 Å². The van der Waals surface area contributed by atoms with Crippen LogP contribution in [0.4, 0.5) is 0 Å². The number of rotatable bonds is 6. The van der Waals surface area contributed by atoms with Crippen LogP contribution in [0.15, 0.2) is 84.4 Å². The summed E-state index contributed by atoms with van der Waals surface area (Å²) in [6, 6.07) is 27.7. The van der Waals surface area contributed by atoms with E-state index in [-0.39, 0.29) is 6.61 Å². The molecule has 136 valence electrons. The first-order chi connectivity index (χ1) is 13.3. The van der Waals surface area contributed by atoms with Gasteiger partial charge >= 0.3 is 0 Å². The number of aliphatic hydroxyl groups excluding tert-OH is 1. The molecule has 0 bridgehead atoms. The minimum absolute atomic E-state index is 0.0443. The maximum Gasteiger partial charge on any atom is 0.125 e. The predicted octanol–water partition coefficient (Wildman–Crippen LogP) is 5.92. The molecule has 1 N–H and O–H groups in total. The molecular formula is C25H24O2. The van der Waals surface area contributed by atoms with E-state index in [9.17, 15) is 0 Å². The van der Waals surface area contributed by atoms with Gasteiger partial charge in [-0.2, -0.15) is 0 Å². The molecule has 0 atom stereocenters. The first-order valence-electron chi connectivity index (χ1n) is 9.57. The van der Waals surface area contributed by atoms with E-state index in [1.165, 1.54) is 34.2 Å². The molecule has 1 aliphatic carbocycles. The van der Waals surface area contributed by atoms with Crippen LogP contribution in [0.3, 0.4) is 0 Å². The Labute approximate surface area is 160 Å². The lowest BCUT2D eigenvalue weighted by molar-refractivity contribution is 0.178. The molecule has 3 aromatic carbocycles. The summed E-state index contributed by atoms with van der Waals surface area (Å²) in [4.78, 5) is 0. The smallest absolute Gasteiger partial charge is 0.125 e. The quantitative estimate of drug-likeness (QED) is 0.555. The molecular weight excluding hydrogens is 332 g/mol. The van der Waals surface area contributed by atoms with Gasteiger partial charge < -0.3 is 9.84 Å². The van der Waals surface area contributed by atoms with Crippen molar-refractivity contribution in [2.75, 3.05) is 13.2 Å². The number of ether oxygens (including phenoxy) is 1. The largest absolute Gasteiger partial charge is 0.491 e. The molecule has 0 amide bonds. The van der Waals surface area contributed by atoms with Gasteiger partial charge in [0.05, 0.1) is 6.61 Å². The topological polar surface area (TPSA) is 29.5 Å². The minimum Gasteiger partial charge on any atom is -0.491 e. The third-order valence-electron chi connectivity index (χ3n) is 5.09. The van der Waals surface area contributed by atoms with E-state index in [1.807, 2.05) is 6.07 Å². The first kappa shape index (κ1) is 17.6. The van der Waals surface area contributed by atoms with Crippen LogP contribution in [0.5, 0.6) is 0 Å². The highest BCUT2D eigenvalue weighted by Crippen LogP contribution is 2.35. The Hall–Kier alpha value is -2.84. The van der Waals surface area contributed by atoms with Gasteiger partial charge in [0.1, 0.15) is 12.4 Å². The Balaban J connectivity index is 1.55. The number of aliphatic hydroxyl groups is 1. The van der Waals surface area contributed by atoms with E-state index in [1.54, 1.807) is 0 Å². The molecule has 0 saturated heterocycles. The second-order valence-electron chi connectivity index (χ2n) is 6.88. The molecule has 0 radical (unpaired) electrons. The zero-order valence-corrected chi connectivity index (χ0v) is 15.4. The van der Waals surface area contributed by atoms with E-state index in [2.05, 4.69) is 72.8 Å². The van der Waals surface area contributed by atoms with Gasteiger partial charge in [0, 0.05) is 5.56 Å². The monoisotopic (exact) mass is 356 g/mol. The number of benzene rings is 3. The Bertz CT molecular complexity index is 901. The van der Waals surface area contributed by atoms with E-state index < -0.39 is 0 Å². The van der Waals surface area contributed by atoms with Crippen LogP contribution in [-0.4, -0.2) is 18.3 Å². The summed E-state index contributed by atoms with van der Waals surface area (Å²) in [6.45, 7) is 0.393. The SMILES string of the molecule is OCCOC(=C1CCC1)c1ccc(-c2ccc(-c3ccccc3)cc2)cc1. The molecule has 1 aliphatic rings. The molecule has 2 heteroatoms. The van der Waals surface area contributed by atoms with Crippen molar-refractivity contribution < 1.29 is 9.84 Å². The lowest BCUT2D eigenvalue weighted by Crippen LogP contribution is -2.07. The molecule has 0 aliphatic heterocycles. The fourth-order valence-electron chi connectivity index (χ4n) is 3.42. The van der Waals surface area contributed by atoms with E-state index in [4.69, 9.17) is 9.84 Å². The molecule has 1 saturated carbocycles. The third-order valence-corrected chi connectivity index (χ3v) is 5.09. The molecule has 0 aromatic heterocycles. The van der Waals surface area contributed by atoms with Gasteiger partial charge in [-0.3, -0.25) is 0 Å². The van der Waals surface area contributed by atoms with Crippen LogP contribution in [0.2, 0.25) is 0 Å². The zero-order valence-electron chi connectivity index (χ0n) is 15.4. The highest BCUT2D eigenvalue weighted by Gasteiger charge is 2.17. The van der Waals surface area contributed by atoms with Crippen molar-refractivity contribution in [3.8, 4) is 22.3 Å². The van der Waals surface area contributed by atoms with Crippen LogP contribution < -0.4 is 0 Å². The number of hydrogen-bond donors (Lipinski definition) is 1. The number of allylic oxidation sites excluding steroid dienone is 1. The van der Waals surface area contributed by atoms with Crippen LogP contribution in [-0.2, 0) is 4.74 Å². The number of hydrogen-bond acceptors (Lipinski definition) is 2. The Kier molecular flexibility index (Phi) is 5.36.